The van der Waals surface area contributed by atoms with Crippen molar-refractivity contribution < 1.29 is 9.90 Å². The summed E-state index contributed by atoms with van der Waals surface area (Å²) in [6.07, 6.45) is 9.66. The first-order chi connectivity index (χ1) is 8.97. The molecule has 1 N–H and O–H groups in total. The van der Waals surface area contributed by atoms with E-state index >= 15 is 0 Å². The smallest absolute Gasteiger partial charge is 0.127 e. The van der Waals surface area contributed by atoms with Crippen LogP contribution in [0.2, 0.25) is 0 Å². The highest BCUT2D eigenvalue weighted by atomic mass is 16.3. The van der Waals surface area contributed by atoms with E-state index in [-0.39, 0.29) is 5.41 Å². The van der Waals surface area contributed by atoms with Gasteiger partial charge in [-0.25, -0.2) is 0 Å². The summed E-state index contributed by atoms with van der Waals surface area (Å²) < 4.78 is 0. The number of aliphatic hydroxyl groups is 1. The van der Waals surface area contributed by atoms with E-state index in [0.717, 1.165) is 70.4 Å². The van der Waals surface area contributed by atoms with E-state index in [1.54, 1.807) is 0 Å². The zero-order valence-corrected chi connectivity index (χ0v) is 12.5. The van der Waals surface area contributed by atoms with Crippen molar-refractivity contribution in [1.29, 1.82) is 0 Å². The van der Waals surface area contributed by atoms with Crippen molar-refractivity contribution in [3.05, 3.63) is 0 Å². The molecule has 3 heteroatoms. The minimum Gasteiger partial charge on any atom is -0.389 e. The van der Waals surface area contributed by atoms with Crippen LogP contribution >= 0.6 is 0 Å². The van der Waals surface area contributed by atoms with Crippen molar-refractivity contribution in [3.63, 3.8) is 0 Å². The van der Waals surface area contributed by atoms with Crippen molar-refractivity contribution in [2.24, 2.45) is 11.3 Å². The van der Waals surface area contributed by atoms with E-state index in [2.05, 4.69) is 18.9 Å². The molecule has 0 aromatic heterocycles. The molecule has 2 rings (SSSR count). The summed E-state index contributed by atoms with van der Waals surface area (Å²) in [5.41, 5.74) is -0.656. The molecule has 2 fully saturated rings. The molecule has 0 aliphatic heterocycles. The summed E-state index contributed by atoms with van der Waals surface area (Å²) >= 11 is 0. The summed E-state index contributed by atoms with van der Waals surface area (Å²) in [6, 6.07) is 0. The lowest BCUT2D eigenvalue weighted by Crippen LogP contribution is -2.45. The number of hydrogen-bond donors (Lipinski definition) is 1. The molecule has 2 saturated carbocycles. The first-order valence-electron chi connectivity index (χ1n) is 7.84. The van der Waals surface area contributed by atoms with Gasteiger partial charge in [0, 0.05) is 18.5 Å². The normalized spacial score (nSPS) is 34.6. The highest BCUT2D eigenvalue weighted by Crippen LogP contribution is 2.38. The molecule has 0 aromatic rings. The third-order valence-corrected chi connectivity index (χ3v) is 5.20. The van der Waals surface area contributed by atoms with Crippen molar-refractivity contribution in [3.8, 4) is 0 Å². The first-order valence-corrected chi connectivity index (χ1v) is 7.84. The molecular formula is C16H29NO2. The molecule has 110 valence electrons. The van der Waals surface area contributed by atoms with Crippen LogP contribution in [0.3, 0.4) is 0 Å². The average molecular weight is 267 g/mol. The second-order valence-electron chi connectivity index (χ2n) is 7.27. The van der Waals surface area contributed by atoms with Crippen LogP contribution in [0.5, 0.6) is 0 Å². The summed E-state index contributed by atoms with van der Waals surface area (Å²) in [7, 11) is 2.06. The highest BCUT2D eigenvalue weighted by molar-refractivity contribution is 5.60. The molecule has 19 heavy (non-hydrogen) atoms. The Morgan fingerprint density at radius 2 is 1.74 bits per heavy atom. The van der Waals surface area contributed by atoms with Gasteiger partial charge in [-0.15, -0.1) is 0 Å². The number of likely N-dealkylation sites (N-methyl/N-ethyl adjacent to an activating group) is 1. The molecule has 2 aliphatic carbocycles. The fourth-order valence-corrected chi connectivity index (χ4v) is 3.94. The lowest BCUT2D eigenvalue weighted by atomic mass is 9.71. The topological polar surface area (TPSA) is 40.5 Å². The van der Waals surface area contributed by atoms with Gasteiger partial charge in [0.05, 0.1) is 5.60 Å². The zero-order chi connectivity index (χ0) is 13.9. The second kappa shape index (κ2) is 5.92. The zero-order valence-electron chi connectivity index (χ0n) is 12.5. The van der Waals surface area contributed by atoms with E-state index in [0.29, 0.717) is 0 Å². The van der Waals surface area contributed by atoms with Crippen LogP contribution in [-0.4, -0.2) is 42.0 Å². The van der Waals surface area contributed by atoms with Crippen molar-refractivity contribution in [2.75, 3.05) is 20.1 Å². The highest BCUT2D eigenvalue weighted by Gasteiger charge is 2.38. The molecular weight excluding hydrogens is 238 g/mol. The van der Waals surface area contributed by atoms with E-state index < -0.39 is 5.60 Å². The molecule has 0 heterocycles. The molecule has 0 atom stereocenters. The van der Waals surface area contributed by atoms with Gasteiger partial charge in [0.2, 0.25) is 0 Å². The molecule has 0 unspecified atom stereocenters. The summed E-state index contributed by atoms with van der Waals surface area (Å²) in [6.45, 7) is 3.81. The van der Waals surface area contributed by atoms with Gasteiger partial charge in [-0.3, -0.25) is 0 Å². The van der Waals surface area contributed by atoms with Gasteiger partial charge in [0.25, 0.3) is 0 Å². The molecule has 0 spiro atoms. The number of hydrogen-bond acceptors (Lipinski definition) is 3. The average Bonchev–Trinajstić information content (AvgIpc) is 2.79. The predicted molar refractivity (Wildman–Crippen MR) is 77.0 cm³/mol. The van der Waals surface area contributed by atoms with Crippen molar-refractivity contribution in [1.82, 2.24) is 4.90 Å². The largest absolute Gasteiger partial charge is 0.389 e. The van der Waals surface area contributed by atoms with Crippen molar-refractivity contribution >= 4 is 6.29 Å². The molecule has 0 aromatic carbocycles. The van der Waals surface area contributed by atoms with Gasteiger partial charge in [-0.2, -0.15) is 0 Å². The van der Waals surface area contributed by atoms with Gasteiger partial charge in [0.15, 0.2) is 0 Å². The Balaban J connectivity index is 1.89. The summed E-state index contributed by atoms with van der Waals surface area (Å²) in [4.78, 5) is 13.7. The monoisotopic (exact) mass is 267 g/mol. The Kier molecular flexibility index (Phi) is 4.67. The number of carbonyl (C=O) groups is 1. The maximum atomic E-state index is 11.6. The van der Waals surface area contributed by atoms with E-state index in [4.69, 9.17) is 0 Å². The van der Waals surface area contributed by atoms with E-state index in [1.807, 2.05) is 0 Å². The standard InChI is InChI=1S/C16H29NO2/c1-14-5-9-15(13-18,10-6-14)11-17(2)12-16(19)7-3-4-8-16/h13-14,19H,3-12H2,1-2H3. The number of carbonyl (C=O) groups excluding carboxylic acids is 1. The fraction of sp³-hybridized carbons (Fsp3) is 0.938. The van der Waals surface area contributed by atoms with E-state index in [1.165, 1.54) is 6.29 Å². The molecule has 0 saturated heterocycles. The van der Waals surface area contributed by atoms with Gasteiger partial charge in [-0.1, -0.05) is 19.8 Å². The maximum absolute atomic E-state index is 11.6. The van der Waals surface area contributed by atoms with Crippen LogP contribution in [-0.2, 0) is 4.79 Å². The van der Waals surface area contributed by atoms with Crippen LogP contribution in [0.1, 0.15) is 58.3 Å². The minimum atomic E-state index is -0.499. The van der Waals surface area contributed by atoms with E-state index in [9.17, 15) is 9.90 Å². The maximum Gasteiger partial charge on any atom is 0.127 e. The molecule has 0 bridgehead atoms. The second-order valence-corrected chi connectivity index (χ2v) is 7.27. The van der Waals surface area contributed by atoms with Gasteiger partial charge < -0.3 is 14.8 Å². The molecule has 2 aliphatic rings. The van der Waals surface area contributed by atoms with Gasteiger partial charge >= 0.3 is 0 Å². The van der Waals surface area contributed by atoms with Crippen molar-refractivity contribution in [2.45, 2.75) is 63.9 Å². The predicted octanol–water partition coefficient (Wildman–Crippen LogP) is 2.62. The molecule has 0 radical (unpaired) electrons. The third-order valence-electron chi connectivity index (χ3n) is 5.20. The van der Waals surface area contributed by atoms with Gasteiger partial charge in [-0.05, 0) is 51.5 Å². The Bertz CT molecular complexity index is 302. The first kappa shape index (κ1) is 15.0. The third kappa shape index (κ3) is 3.79. The number of rotatable bonds is 5. The van der Waals surface area contributed by atoms with Crippen LogP contribution < -0.4 is 0 Å². The Hall–Kier alpha value is -0.410. The number of nitrogens with zero attached hydrogens (tertiary/aromatic N) is 1. The van der Waals surface area contributed by atoms with Crippen LogP contribution in [0.25, 0.3) is 0 Å². The van der Waals surface area contributed by atoms with Crippen LogP contribution in [0.4, 0.5) is 0 Å². The summed E-state index contributed by atoms with van der Waals surface area (Å²) in [5, 5.41) is 10.5. The minimum absolute atomic E-state index is 0.157. The van der Waals surface area contributed by atoms with Gasteiger partial charge in [0.1, 0.15) is 6.29 Å². The van der Waals surface area contributed by atoms with Crippen LogP contribution in [0, 0.1) is 11.3 Å². The lowest BCUT2D eigenvalue weighted by molar-refractivity contribution is -0.120. The lowest BCUT2D eigenvalue weighted by Gasteiger charge is -2.39. The SMILES string of the molecule is CC1CCC(C=O)(CN(C)CC2(O)CCCC2)CC1. The Morgan fingerprint density at radius 1 is 1.16 bits per heavy atom. The molecule has 0 amide bonds. The fourth-order valence-electron chi connectivity index (χ4n) is 3.94. The Labute approximate surface area is 117 Å². The Morgan fingerprint density at radius 3 is 2.26 bits per heavy atom. The quantitative estimate of drug-likeness (QED) is 0.778. The molecule has 3 nitrogen and oxygen atoms in total. The van der Waals surface area contributed by atoms with Crippen LogP contribution in [0.15, 0.2) is 0 Å². The summed E-state index contributed by atoms with van der Waals surface area (Å²) in [5.74, 6) is 0.761. The number of aldehydes is 1.